The zero-order valence-electron chi connectivity index (χ0n) is 11.8. The predicted molar refractivity (Wildman–Crippen MR) is 73.4 cm³/mol. The maximum atomic E-state index is 12.3. The van der Waals surface area contributed by atoms with Gasteiger partial charge < -0.3 is 10.0 Å². The number of carbonyl (C=O) groups excluding carboxylic acids is 1. The monoisotopic (exact) mass is 264 g/mol. The summed E-state index contributed by atoms with van der Waals surface area (Å²) in [7, 11) is 0. The summed E-state index contributed by atoms with van der Waals surface area (Å²) in [6, 6.07) is 0. The van der Waals surface area contributed by atoms with Gasteiger partial charge in [0, 0.05) is 25.3 Å². The average molecular weight is 264 g/mol. The van der Waals surface area contributed by atoms with E-state index in [2.05, 4.69) is 11.0 Å². The number of amides is 1. The molecule has 0 unspecified atom stereocenters. The van der Waals surface area contributed by atoms with Crippen molar-refractivity contribution >= 4 is 5.91 Å². The molecule has 4 nitrogen and oxygen atoms in total. The number of nitrogens with zero attached hydrogens (tertiary/aromatic N) is 2. The van der Waals surface area contributed by atoms with E-state index in [1.165, 1.54) is 12.1 Å². The summed E-state index contributed by atoms with van der Waals surface area (Å²) in [6.45, 7) is 4.61. The van der Waals surface area contributed by atoms with Gasteiger partial charge in [0.1, 0.15) is 0 Å². The molecule has 0 aromatic carbocycles. The lowest BCUT2D eigenvalue weighted by atomic mass is 9.89. The van der Waals surface area contributed by atoms with Crippen LogP contribution in [0.4, 0.5) is 0 Å². The zero-order valence-corrected chi connectivity index (χ0v) is 11.8. The smallest absolute Gasteiger partial charge is 0.240 e. The molecule has 0 aromatic heterocycles. The highest BCUT2D eigenvalue weighted by Gasteiger charge is 2.52. The second-order valence-corrected chi connectivity index (χ2v) is 6.25. The standard InChI is InChI=1S/C15H24N2O2/c1-2-17(13-5-3-4-6-13)14(18)9-16-10-15(19,11-16)12-7-8-12/h5,12,19H,2-4,6-11H2,1H3. The molecule has 0 bridgehead atoms. The first-order chi connectivity index (χ1) is 9.12. The van der Waals surface area contributed by atoms with E-state index in [4.69, 9.17) is 0 Å². The second kappa shape index (κ2) is 4.91. The highest BCUT2D eigenvalue weighted by atomic mass is 16.3. The van der Waals surface area contributed by atoms with Crippen molar-refractivity contribution in [2.24, 2.45) is 5.92 Å². The van der Waals surface area contributed by atoms with Crippen LogP contribution in [0, 0.1) is 5.92 Å². The number of aliphatic hydroxyl groups is 1. The lowest BCUT2D eigenvalue weighted by Gasteiger charge is -2.47. The summed E-state index contributed by atoms with van der Waals surface area (Å²) in [4.78, 5) is 16.3. The van der Waals surface area contributed by atoms with Crippen molar-refractivity contribution in [1.29, 1.82) is 0 Å². The summed E-state index contributed by atoms with van der Waals surface area (Å²) >= 11 is 0. The van der Waals surface area contributed by atoms with Crippen molar-refractivity contribution in [3.05, 3.63) is 11.8 Å². The van der Waals surface area contributed by atoms with Crippen LogP contribution in [0.1, 0.15) is 39.0 Å². The Hall–Kier alpha value is -0.870. The summed E-state index contributed by atoms with van der Waals surface area (Å²) in [6.07, 6.45) is 7.82. The molecule has 2 aliphatic carbocycles. The van der Waals surface area contributed by atoms with Crippen molar-refractivity contribution < 1.29 is 9.90 Å². The minimum Gasteiger partial charge on any atom is -0.387 e. The molecule has 1 heterocycles. The fraction of sp³-hybridized carbons (Fsp3) is 0.800. The van der Waals surface area contributed by atoms with Gasteiger partial charge in [-0.1, -0.05) is 6.08 Å². The number of β-amino-alcohol motifs (C(OH)–C–C–N with tert-alkyl or cyclic N) is 1. The van der Waals surface area contributed by atoms with Gasteiger partial charge in [0.25, 0.3) is 0 Å². The van der Waals surface area contributed by atoms with Crippen LogP contribution in [-0.2, 0) is 4.79 Å². The first-order valence-electron chi connectivity index (χ1n) is 7.56. The van der Waals surface area contributed by atoms with E-state index in [-0.39, 0.29) is 5.91 Å². The molecular weight excluding hydrogens is 240 g/mol. The number of allylic oxidation sites excluding steroid dienone is 2. The third-order valence-electron chi connectivity index (χ3n) is 4.67. The van der Waals surface area contributed by atoms with Crippen molar-refractivity contribution in [2.75, 3.05) is 26.2 Å². The quantitative estimate of drug-likeness (QED) is 0.815. The van der Waals surface area contributed by atoms with Gasteiger partial charge in [0.15, 0.2) is 0 Å². The molecule has 1 saturated heterocycles. The number of likely N-dealkylation sites (tertiary alicyclic amines) is 1. The third kappa shape index (κ3) is 2.56. The Morgan fingerprint density at radius 2 is 2.26 bits per heavy atom. The maximum absolute atomic E-state index is 12.3. The van der Waals surface area contributed by atoms with Gasteiger partial charge in [-0.05, 0) is 44.9 Å². The first-order valence-corrected chi connectivity index (χ1v) is 7.56. The molecule has 1 saturated carbocycles. The third-order valence-corrected chi connectivity index (χ3v) is 4.67. The molecule has 19 heavy (non-hydrogen) atoms. The summed E-state index contributed by atoms with van der Waals surface area (Å²) in [5.74, 6) is 0.687. The lowest BCUT2D eigenvalue weighted by molar-refractivity contribution is -0.143. The van der Waals surface area contributed by atoms with Gasteiger partial charge in [0.05, 0.1) is 12.1 Å². The molecule has 1 amide bonds. The van der Waals surface area contributed by atoms with E-state index < -0.39 is 5.60 Å². The molecule has 106 valence electrons. The van der Waals surface area contributed by atoms with E-state index in [0.717, 1.165) is 32.2 Å². The van der Waals surface area contributed by atoms with Crippen molar-refractivity contribution in [3.63, 3.8) is 0 Å². The van der Waals surface area contributed by atoms with E-state index in [1.807, 2.05) is 11.8 Å². The van der Waals surface area contributed by atoms with Crippen molar-refractivity contribution in [2.45, 2.75) is 44.6 Å². The Labute approximate surface area is 115 Å². The van der Waals surface area contributed by atoms with Gasteiger partial charge in [0.2, 0.25) is 5.91 Å². The lowest BCUT2D eigenvalue weighted by Crippen LogP contribution is -2.64. The van der Waals surface area contributed by atoms with Crippen LogP contribution in [-0.4, -0.2) is 52.6 Å². The number of likely N-dealkylation sites (N-methyl/N-ethyl adjacent to an activating group) is 1. The Kier molecular flexibility index (Phi) is 3.39. The number of rotatable bonds is 5. The van der Waals surface area contributed by atoms with Crippen LogP contribution in [0.25, 0.3) is 0 Å². The summed E-state index contributed by atoms with van der Waals surface area (Å²) in [5.41, 5.74) is 0.717. The van der Waals surface area contributed by atoms with Crippen LogP contribution in [0.3, 0.4) is 0 Å². The fourth-order valence-corrected chi connectivity index (χ4v) is 3.43. The number of hydrogen-bond donors (Lipinski definition) is 1. The van der Waals surface area contributed by atoms with Gasteiger partial charge >= 0.3 is 0 Å². The van der Waals surface area contributed by atoms with Crippen LogP contribution < -0.4 is 0 Å². The predicted octanol–water partition coefficient (Wildman–Crippen LogP) is 1.36. The highest BCUT2D eigenvalue weighted by Crippen LogP contribution is 2.44. The highest BCUT2D eigenvalue weighted by molar-refractivity contribution is 5.80. The van der Waals surface area contributed by atoms with Gasteiger partial charge in [-0.2, -0.15) is 0 Å². The zero-order chi connectivity index (χ0) is 13.5. The Morgan fingerprint density at radius 3 is 2.79 bits per heavy atom. The molecule has 4 heteroatoms. The number of carbonyl (C=O) groups is 1. The molecule has 0 spiro atoms. The molecule has 1 aliphatic heterocycles. The Bertz CT molecular complexity index is 395. The fourth-order valence-electron chi connectivity index (χ4n) is 3.43. The molecule has 3 aliphatic rings. The molecule has 0 atom stereocenters. The molecule has 0 radical (unpaired) electrons. The van der Waals surface area contributed by atoms with Crippen molar-refractivity contribution in [3.8, 4) is 0 Å². The summed E-state index contributed by atoms with van der Waals surface area (Å²) in [5, 5.41) is 10.3. The molecule has 2 fully saturated rings. The minimum atomic E-state index is -0.482. The number of hydrogen-bond acceptors (Lipinski definition) is 3. The SMILES string of the molecule is CCN(C(=O)CN1CC(O)(C2CC2)C1)C1=CCCC1. The van der Waals surface area contributed by atoms with E-state index in [1.54, 1.807) is 0 Å². The first kappa shape index (κ1) is 13.1. The Morgan fingerprint density at radius 1 is 1.53 bits per heavy atom. The normalized spacial score (nSPS) is 25.9. The molecule has 0 aromatic rings. The molecular formula is C15H24N2O2. The minimum absolute atomic E-state index is 0.188. The molecule has 1 N–H and O–H groups in total. The van der Waals surface area contributed by atoms with Gasteiger partial charge in [-0.15, -0.1) is 0 Å². The second-order valence-electron chi connectivity index (χ2n) is 6.25. The Balaban J connectivity index is 1.51. The van der Waals surface area contributed by atoms with Crippen LogP contribution >= 0.6 is 0 Å². The summed E-state index contributed by atoms with van der Waals surface area (Å²) < 4.78 is 0. The average Bonchev–Trinajstić information content (AvgIpc) is 3.07. The van der Waals surface area contributed by atoms with E-state index in [9.17, 15) is 9.90 Å². The van der Waals surface area contributed by atoms with Crippen molar-refractivity contribution in [1.82, 2.24) is 9.80 Å². The van der Waals surface area contributed by atoms with Crippen LogP contribution in [0.5, 0.6) is 0 Å². The van der Waals surface area contributed by atoms with Gasteiger partial charge in [-0.25, -0.2) is 0 Å². The van der Waals surface area contributed by atoms with E-state index in [0.29, 0.717) is 25.6 Å². The molecule has 3 rings (SSSR count). The topological polar surface area (TPSA) is 43.8 Å². The van der Waals surface area contributed by atoms with Gasteiger partial charge in [-0.3, -0.25) is 9.69 Å². The van der Waals surface area contributed by atoms with Crippen LogP contribution in [0.2, 0.25) is 0 Å². The maximum Gasteiger partial charge on any atom is 0.240 e. The largest absolute Gasteiger partial charge is 0.387 e. The van der Waals surface area contributed by atoms with E-state index >= 15 is 0 Å². The van der Waals surface area contributed by atoms with Crippen LogP contribution in [0.15, 0.2) is 11.8 Å².